The predicted molar refractivity (Wildman–Crippen MR) is 43.4 cm³/mol. The van der Waals surface area contributed by atoms with Crippen LogP contribution in [0, 0.1) is 10.1 Å². The van der Waals surface area contributed by atoms with Gasteiger partial charge in [-0.1, -0.05) is 6.08 Å². The van der Waals surface area contributed by atoms with Crippen molar-refractivity contribution in [1.82, 2.24) is 5.32 Å². The molecular formula is C7H8N2O4. The molecule has 6 nitrogen and oxygen atoms in total. The van der Waals surface area contributed by atoms with Crippen molar-refractivity contribution in [1.29, 1.82) is 0 Å². The zero-order valence-electron chi connectivity index (χ0n) is 6.64. The van der Waals surface area contributed by atoms with Crippen LogP contribution >= 0.6 is 0 Å². The van der Waals surface area contributed by atoms with Gasteiger partial charge >= 0.3 is 11.6 Å². The SMILES string of the molecule is O=C(O)CC1([N+](=O)[O-])C=CC=CN1. The van der Waals surface area contributed by atoms with E-state index >= 15 is 0 Å². The van der Waals surface area contributed by atoms with E-state index in [-0.39, 0.29) is 0 Å². The number of hydrogen-bond acceptors (Lipinski definition) is 4. The Kier molecular flexibility index (Phi) is 2.32. The van der Waals surface area contributed by atoms with Gasteiger partial charge in [0.15, 0.2) is 0 Å². The molecule has 1 aliphatic rings. The van der Waals surface area contributed by atoms with Crippen molar-refractivity contribution >= 4 is 5.97 Å². The molecule has 2 N–H and O–H groups in total. The Labute approximate surface area is 73.7 Å². The van der Waals surface area contributed by atoms with Crippen LogP contribution in [0.1, 0.15) is 6.42 Å². The Morgan fingerprint density at radius 2 is 2.31 bits per heavy atom. The highest BCUT2D eigenvalue weighted by Crippen LogP contribution is 2.16. The van der Waals surface area contributed by atoms with Crippen LogP contribution in [0.5, 0.6) is 0 Å². The molecule has 1 unspecified atom stereocenters. The molecule has 0 aromatic carbocycles. The average Bonchev–Trinajstić information content (AvgIpc) is 2.04. The van der Waals surface area contributed by atoms with Gasteiger partial charge in [-0.3, -0.25) is 14.9 Å². The van der Waals surface area contributed by atoms with Crippen molar-refractivity contribution in [3.8, 4) is 0 Å². The van der Waals surface area contributed by atoms with E-state index in [1.54, 1.807) is 6.08 Å². The summed E-state index contributed by atoms with van der Waals surface area (Å²) < 4.78 is 0. The van der Waals surface area contributed by atoms with Crippen LogP contribution in [0.4, 0.5) is 0 Å². The number of nitro groups is 1. The van der Waals surface area contributed by atoms with Crippen LogP contribution in [-0.2, 0) is 4.79 Å². The summed E-state index contributed by atoms with van der Waals surface area (Å²) in [5.41, 5.74) is -1.69. The number of nitrogens with one attached hydrogen (secondary N) is 1. The predicted octanol–water partition coefficient (Wildman–Crippen LogP) is 0.107. The number of allylic oxidation sites excluding steroid dienone is 2. The largest absolute Gasteiger partial charge is 0.481 e. The molecule has 0 aliphatic carbocycles. The first kappa shape index (κ1) is 9.24. The van der Waals surface area contributed by atoms with Crippen molar-refractivity contribution < 1.29 is 14.8 Å². The number of carboxylic acids is 1. The summed E-state index contributed by atoms with van der Waals surface area (Å²) in [7, 11) is 0. The van der Waals surface area contributed by atoms with Crippen LogP contribution in [0.15, 0.2) is 24.4 Å². The Morgan fingerprint density at radius 3 is 2.69 bits per heavy atom. The van der Waals surface area contributed by atoms with Gasteiger partial charge in [-0.25, -0.2) is 0 Å². The van der Waals surface area contributed by atoms with Gasteiger partial charge in [-0.05, 0) is 6.08 Å². The molecule has 0 saturated heterocycles. The first-order valence-corrected chi connectivity index (χ1v) is 3.55. The molecule has 13 heavy (non-hydrogen) atoms. The Bertz CT molecular complexity index is 297. The minimum absolute atomic E-state index is 0.582. The fourth-order valence-electron chi connectivity index (χ4n) is 1.03. The fraction of sp³-hybridized carbons (Fsp3) is 0.286. The second-order valence-corrected chi connectivity index (χ2v) is 2.61. The minimum atomic E-state index is -1.69. The summed E-state index contributed by atoms with van der Waals surface area (Å²) in [4.78, 5) is 20.3. The molecule has 70 valence electrons. The molecule has 0 spiro atoms. The molecule has 1 rings (SSSR count). The average molecular weight is 184 g/mol. The number of hydrogen-bond donors (Lipinski definition) is 2. The number of aliphatic carboxylic acids is 1. The molecule has 1 heterocycles. The van der Waals surface area contributed by atoms with E-state index < -0.39 is 23.0 Å². The van der Waals surface area contributed by atoms with E-state index in [2.05, 4.69) is 5.32 Å². The van der Waals surface area contributed by atoms with E-state index in [1.807, 2.05) is 0 Å². The highest BCUT2D eigenvalue weighted by Gasteiger charge is 2.42. The monoisotopic (exact) mass is 184 g/mol. The number of dihydropyridines is 1. The topological polar surface area (TPSA) is 92.5 Å². The van der Waals surface area contributed by atoms with Gasteiger partial charge in [-0.2, -0.15) is 0 Å². The van der Waals surface area contributed by atoms with E-state index in [1.165, 1.54) is 18.4 Å². The summed E-state index contributed by atoms with van der Waals surface area (Å²) in [6.45, 7) is 0. The third-order valence-corrected chi connectivity index (χ3v) is 1.66. The van der Waals surface area contributed by atoms with Gasteiger partial charge in [0.2, 0.25) is 0 Å². The maximum Gasteiger partial charge on any atom is 0.323 e. The maximum atomic E-state index is 10.6. The van der Waals surface area contributed by atoms with E-state index in [4.69, 9.17) is 5.11 Å². The number of carbonyl (C=O) groups is 1. The summed E-state index contributed by atoms with van der Waals surface area (Å²) in [6, 6.07) is 0. The van der Waals surface area contributed by atoms with Crippen LogP contribution < -0.4 is 5.32 Å². The molecule has 0 aromatic rings. The quantitative estimate of drug-likeness (QED) is 0.479. The Morgan fingerprint density at radius 1 is 1.62 bits per heavy atom. The lowest BCUT2D eigenvalue weighted by atomic mass is 10.0. The summed E-state index contributed by atoms with van der Waals surface area (Å²) >= 11 is 0. The van der Waals surface area contributed by atoms with Crippen molar-refractivity contribution in [2.75, 3.05) is 0 Å². The lowest BCUT2D eigenvalue weighted by Crippen LogP contribution is -2.50. The lowest BCUT2D eigenvalue weighted by Gasteiger charge is -2.21. The zero-order chi connectivity index (χ0) is 9.90. The van der Waals surface area contributed by atoms with Crippen molar-refractivity contribution in [2.45, 2.75) is 12.1 Å². The maximum absolute atomic E-state index is 10.6. The number of nitrogens with zero attached hydrogens (tertiary/aromatic N) is 1. The first-order chi connectivity index (χ1) is 6.07. The van der Waals surface area contributed by atoms with Crippen LogP contribution in [-0.4, -0.2) is 21.7 Å². The van der Waals surface area contributed by atoms with E-state index in [0.29, 0.717) is 0 Å². The van der Waals surface area contributed by atoms with Crippen LogP contribution in [0.3, 0.4) is 0 Å². The molecule has 0 aromatic heterocycles. The molecule has 0 fully saturated rings. The van der Waals surface area contributed by atoms with Crippen molar-refractivity contribution in [3.05, 3.63) is 34.5 Å². The first-order valence-electron chi connectivity index (χ1n) is 3.55. The normalized spacial score (nSPS) is 25.2. The smallest absolute Gasteiger partial charge is 0.323 e. The zero-order valence-corrected chi connectivity index (χ0v) is 6.64. The molecule has 0 saturated carbocycles. The minimum Gasteiger partial charge on any atom is -0.481 e. The molecule has 0 radical (unpaired) electrons. The lowest BCUT2D eigenvalue weighted by molar-refractivity contribution is -0.560. The third kappa shape index (κ3) is 1.84. The third-order valence-electron chi connectivity index (χ3n) is 1.66. The van der Waals surface area contributed by atoms with Gasteiger partial charge in [0.05, 0.1) is 4.92 Å². The second-order valence-electron chi connectivity index (χ2n) is 2.61. The fourth-order valence-corrected chi connectivity index (χ4v) is 1.03. The van der Waals surface area contributed by atoms with Gasteiger partial charge in [0.25, 0.3) is 0 Å². The summed E-state index contributed by atoms with van der Waals surface area (Å²) in [5.74, 6) is -1.22. The van der Waals surface area contributed by atoms with Gasteiger partial charge in [0.1, 0.15) is 6.42 Å². The van der Waals surface area contributed by atoms with Gasteiger partial charge in [0, 0.05) is 12.3 Å². The number of rotatable bonds is 3. The van der Waals surface area contributed by atoms with E-state index in [9.17, 15) is 14.9 Å². The van der Waals surface area contributed by atoms with Crippen molar-refractivity contribution in [3.63, 3.8) is 0 Å². The molecular weight excluding hydrogens is 176 g/mol. The number of carboxylic acid groups (broad SMARTS) is 1. The Balaban J connectivity index is 2.88. The van der Waals surface area contributed by atoms with Gasteiger partial charge in [-0.15, -0.1) is 0 Å². The van der Waals surface area contributed by atoms with Crippen LogP contribution in [0.25, 0.3) is 0 Å². The molecule has 1 aliphatic heterocycles. The standard InChI is InChI=1S/C7H8N2O4/c10-6(11)5-7(9(12)13)3-1-2-4-8-7/h1-4,8H,5H2,(H,10,11). The molecule has 0 bridgehead atoms. The summed E-state index contributed by atoms with van der Waals surface area (Å²) in [6.07, 6.45) is 5.00. The molecule has 1 atom stereocenters. The van der Waals surface area contributed by atoms with Crippen molar-refractivity contribution in [2.24, 2.45) is 0 Å². The van der Waals surface area contributed by atoms with E-state index in [0.717, 1.165) is 0 Å². The second kappa shape index (κ2) is 3.26. The van der Waals surface area contributed by atoms with Gasteiger partial charge < -0.3 is 10.4 Å². The summed E-state index contributed by atoms with van der Waals surface area (Å²) in [5, 5.41) is 21.5. The Hall–Kier alpha value is -1.85. The van der Waals surface area contributed by atoms with Crippen LogP contribution in [0.2, 0.25) is 0 Å². The highest BCUT2D eigenvalue weighted by atomic mass is 16.6. The molecule has 0 amide bonds. The molecule has 6 heteroatoms. The highest BCUT2D eigenvalue weighted by molar-refractivity contribution is 5.68.